The van der Waals surface area contributed by atoms with Crippen molar-refractivity contribution in [3.63, 3.8) is 0 Å². The second-order valence-corrected chi connectivity index (χ2v) is 2.74. The Morgan fingerprint density at radius 2 is 2.23 bits per heavy atom. The first kappa shape index (κ1) is 9.29. The van der Waals surface area contributed by atoms with Gasteiger partial charge in [-0.3, -0.25) is 0 Å². The molecule has 13 heavy (non-hydrogen) atoms. The van der Waals surface area contributed by atoms with Gasteiger partial charge in [0, 0.05) is 5.92 Å². The molecule has 0 heterocycles. The van der Waals surface area contributed by atoms with E-state index in [0.29, 0.717) is 0 Å². The van der Waals surface area contributed by atoms with Crippen LogP contribution in [0.3, 0.4) is 0 Å². The van der Waals surface area contributed by atoms with E-state index in [1.165, 1.54) is 12.1 Å². The molecule has 0 bridgehead atoms. The number of hydrogen-bond donors (Lipinski definition) is 0. The van der Waals surface area contributed by atoms with E-state index in [1.807, 2.05) is 6.92 Å². The van der Waals surface area contributed by atoms with E-state index in [4.69, 9.17) is 11.7 Å². The van der Waals surface area contributed by atoms with Gasteiger partial charge in [0.25, 0.3) is 0 Å². The van der Waals surface area contributed by atoms with Gasteiger partial charge >= 0.3 is 0 Å². The van der Waals surface area contributed by atoms with Crippen LogP contribution in [0.25, 0.3) is 0 Å². The van der Waals surface area contributed by atoms with Crippen LogP contribution < -0.4 is 0 Å². The number of nitriles is 1. The molecule has 1 aromatic rings. The van der Waals surface area contributed by atoms with Crippen LogP contribution in [0.5, 0.6) is 0 Å². The fourth-order valence-electron chi connectivity index (χ4n) is 0.994. The number of nitrogens with zero attached hydrogens (tertiary/aromatic N) is 1. The molecule has 1 unspecified atom stereocenters. The fourth-order valence-corrected chi connectivity index (χ4v) is 0.994. The van der Waals surface area contributed by atoms with Crippen molar-refractivity contribution >= 4 is 0 Å². The van der Waals surface area contributed by atoms with E-state index >= 15 is 0 Å². The minimum absolute atomic E-state index is 0.0413. The molecule has 0 aliphatic heterocycles. The lowest BCUT2D eigenvalue weighted by atomic mass is 10.00. The molecular formula is C11H8FN. The van der Waals surface area contributed by atoms with Crippen molar-refractivity contribution in [2.24, 2.45) is 0 Å². The van der Waals surface area contributed by atoms with Gasteiger partial charge < -0.3 is 0 Å². The van der Waals surface area contributed by atoms with E-state index in [0.717, 1.165) is 5.56 Å². The maximum absolute atomic E-state index is 12.9. The minimum atomic E-state index is -0.504. The lowest BCUT2D eigenvalue weighted by Crippen LogP contribution is -1.92. The monoisotopic (exact) mass is 173 g/mol. The second kappa shape index (κ2) is 3.74. The Hall–Kier alpha value is -1.80. The zero-order chi connectivity index (χ0) is 9.84. The summed E-state index contributed by atoms with van der Waals surface area (Å²) >= 11 is 0. The maximum atomic E-state index is 12.9. The minimum Gasteiger partial charge on any atom is -0.206 e. The lowest BCUT2D eigenvalue weighted by Gasteiger charge is -2.04. The van der Waals surface area contributed by atoms with E-state index in [2.05, 4.69) is 5.92 Å². The molecule has 0 aliphatic carbocycles. The maximum Gasteiger partial charge on any atom is 0.140 e. The van der Waals surface area contributed by atoms with Gasteiger partial charge in [0.15, 0.2) is 0 Å². The third kappa shape index (κ3) is 1.86. The number of hydrogen-bond acceptors (Lipinski definition) is 1. The molecule has 1 aromatic carbocycles. The molecule has 0 radical (unpaired) electrons. The number of benzene rings is 1. The molecule has 0 fully saturated rings. The highest BCUT2D eigenvalue weighted by Crippen LogP contribution is 2.17. The van der Waals surface area contributed by atoms with Gasteiger partial charge in [-0.25, -0.2) is 4.39 Å². The molecular weight excluding hydrogens is 165 g/mol. The van der Waals surface area contributed by atoms with Gasteiger partial charge in [-0.15, -0.1) is 6.42 Å². The van der Waals surface area contributed by atoms with Crippen molar-refractivity contribution in [2.45, 2.75) is 12.8 Å². The molecule has 2 heteroatoms. The van der Waals surface area contributed by atoms with Gasteiger partial charge in [0.2, 0.25) is 0 Å². The molecule has 0 saturated carbocycles. The molecule has 0 spiro atoms. The normalized spacial score (nSPS) is 11.4. The van der Waals surface area contributed by atoms with E-state index in [9.17, 15) is 4.39 Å². The molecule has 64 valence electrons. The summed E-state index contributed by atoms with van der Waals surface area (Å²) in [6.07, 6.45) is 5.21. The predicted molar refractivity (Wildman–Crippen MR) is 48.4 cm³/mol. The number of rotatable bonds is 1. The van der Waals surface area contributed by atoms with Gasteiger partial charge in [-0.2, -0.15) is 5.26 Å². The molecule has 0 N–H and O–H groups in total. The third-order valence-corrected chi connectivity index (χ3v) is 1.86. The molecule has 1 nitrogen and oxygen atoms in total. The van der Waals surface area contributed by atoms with Gasteiger partial charge in [0.05, 0.1) is 5.56 Å². The summed E-state index contributed by atoms with van der Waals surface area (Å²) in [5.74, 6) is 1.93. The smallest absolute Gasteiger partial charge is 0.140 e. The van der Waals surface area contributed by atoms with Crippen LogP contribution in [-0.2, 0) is 0 Å². The van der Waals surface area contributed by atoms with Gasteiger partial charge in [0.1, 0.15) is 11.9 Å². The largest absolute Gasteiger partial charge is 0.206 e. The van der Waals surface area contributed by atoms with Crippen LogP contribution in [0.1, 0.15) is 24.0 Å². The highest BCUT2D eigenvalue weighted by atomic mass is 19.1. The first-order valence-corrected chi connectivity index (χ1v) is 3.84. The van der Waals surface area contributed by atoms with Crippen molar-refractivity contribution in [3.05, 3.63) is 35.1 Å². The first-order valence-electron chi connectivity index (χ1n) is 3.84. The van der Waals surface area contributed by atoms with Crippen molar-refractivity contribution in [3.8, 4) is 18.4 Å². The molecule has 0 aliphatic rings. The Labute approximate surface area is 76.8 Å². The van der Waals surface area contributed by atoms with Crippen LogP contribution >= 0.6 is 0 Å². The zero-order valence-electron chi connectivity index (χ0n) is 7.21. The zero-order valence-corrected chi connectivity index (χ0v) is 7.21. The predicted octanol–water partition coefficient (Wildman–Crippen LogP) is 2.43. The van der Waals surface area contributed by atoms with Crippen molar-refractivity contribution in [1.29, 1.82) is 5.26 Å². The summed E-state index contributed by atoms with van der Waals surface area (Å²) in [7, 11) is 0. The SMILES string of the molecule is C#CC(C)c1ccc(F)c(C#N)c1. The second-order valence-electron chi connectivity index (χ2n) is 2.74. The van der Waals surface area contributed by atoms with Crippen molar-refractivity contribution in [2.75, 3.05) is 0 Å². The summed E-state index contributed by atoms with van der Waals surface area (Å²) in [5.41, 5.74) is 0.833. The van der Waals surface area contributed by atoms with Gasteiger partial charge in [-0.05, 0) is 24.6 Å². The molecule has 0 saturated heterocycles. The highest BCUT2D eigenvalue weighted by Gasteiger charge is 2.06. The Morgan fingerprint density at radius 1 is 1.54 bits per heavy atom. The summed E-state index contributed by atoms with van der Waals surface area (Å²) in [6.45, 7) is 1.83. The fraction of sp³-hybridized carbons (Fsp3) is 0.182. The molecule has 0 aromatic heterocycles. The Kier molecular flexibility index (Phi) is 2.67. The summed E-state index contributed by atoms with van der Waals surface area (Å²) in [5, 5.41) is 8.56. The van der Waals surface area contributed by atoms with Gasteiger partial charge in [-0.1, -0.05) is 12.0 Å². The lowest BCUT2D eigenvalue weighted by molar-refractivity contribution is 0.623. The Balaban J connectivity index is 3.17. The first-order chi connectivity index (χ1) is 6.19. The summed E-state index contributed by atoms with van der Waals surface area (Å²) in [6, 6.07) is 6.12. The molecule has 1 atom stereocenters. The van der Waals surface area contributed by atoms with E-state index < -0.39 is 5.82 Å². The molecule has 0 amide bonds. The van der Waals surface area contributed by atoms with Crippen molar-refractivity contribution < 1.29 is 4.39 Å². The molecule has 1 rings (SSSR count). The summed E-state index contributed by atoms with van der Waals surface area (Å²) in [4.78, 5) is 0. The van der Waals surface area contributed by atoms with Crippen LogP contribution in [0.4, 0.5) is 4.39 Å². The third-order valence-electron chi connectivity index (χ3n) is 1.86. The quantitative estimate of drug-likeness (QED) is 0.598. The van der Waals surface area contributed by atoms with Crippen molar-refractivity contribution in [1.82, 2.24) is 0 Å². The number of halogens is 1. The number of terminal acetylenes is 1. The summed E-state index contributed by atoms with van der Waals surface area (Å²) < 4.78 is 12.9. The Morgan fingerprint density at radius 3 is 2.77 bits per heavy atom. The van der Waals surface area contributed by atoms with E-state index in [-0.39, 0.29) is 11.5 Å². The average Bonchev–Trinajstić information content (AvgIpc) is 2.17. The Bertz CT molecular complexity index is 396. The topological polar surface area (TPSA) is 23.8 Å². The van der Waals surface area contributed by atoms with Crippen LogP contribution in [0, 0.1) is 29.5 Å². The van der Waals surface area contributed by atoms with Crippen LogP contribution in [0.15, 0.2) is 18.2 Å². The van der Waals surface area contributed by atoms with Crippen LogP contribution in [-0.4, -0.2) is 0 Å². The standard InChI is InChI=1S/C11H8FN/c1-3-8(2)9-4-5-11(12)10(6-9)7-13/h1,4-6,8H,2H3. The van der Waals surface area contributed by atoms with Crippen LogP contribution in [0.2, 0.25) is 0 Å². The van der Waals surface area contributed by atoms with E-state index in [1.54, 1.807) is 12.1 Å². The average molecular weight is 173 g/mol. The highest BCUT2D eigenvalue weighted by molar-refractivity contribution is 5.37.